The molecule has 6 N–H and O–H groups in total. The number of hydrogen-bond acceptors (Lipinski definition) is 5. The van der Waals surface area contributed by atoms with Gasteiger partial charge < -0.3 is 22.1 Å². The molecule has 136 valence electrons. The quantitative estimate of drug-likeness (QED) is 0.437. The molecule has 0 heterocycles. The van der Waals surface area contributed by atoms with E-state index in [0.717, 1.165) is 39.0 Å². The first-order valence-electron chi connectivity index (χ1n) is 9.00. The third-order valence-corrected chi connectivity index (χ3v) is 5.19. The van der Waals surface area contributed by atoms with Crippen molar-refractivity contribution >= 4 is 11.8 Å². The Labute approximate surface area is 155 Å². The highest BCUT2D eigenvalue weighted by Gasteiger charge is 2.07. The van der Waals surface area contributed by atoms with E-state index in [2.05, 4.69) is 59.2 Å². The normalized spacial score (nSPS) is 11.0. The standard InChI is InChI=1S/C20H30N4S/c21-11-15-23-13-9-17-5-1-3-7-19(17)25-20-8-4-2-6-18(20)10-14-24-16-12-22/h1-8,23-24H,9-16,21-22H2. The number of nitrogens with two attached hydrogens (primary N) is 2. The van der Waals surface area contributed by atoms with Crippen molar-refractivity contribution in [1.82, 2.24) is 10.6 Å². The molecule has 0 aromatic heterocycles. The summed E-state index contributed by atoms with van der Waals surface area (Å²) in [4.78, 5) is 2.67. The summed E-state index contributed by atoms with van der Waals surface area (Å²) in [6, 6.07) is 17.3. The van der Waals surface area contributed by atoms with Gasteiger partial charge in [-0.1, -0.05) is 48.2 Å². The van der Waals surface area contributed by atoms with Crippen LogP contribution in [0.4, 0.5) is 0 Å². The van der Waals surface area contributed by atoms with Crippen molar-refractivity contribution < 1.29 is 0 Å². The van der Waals surface area contributed by atoms with Gasteiger partial charge in [0.25, 0.3) is 0 Å². The average Bonchev–Trinajstić information content (AvgIpc) is 2.65. The summed E-state index contributed by atoms with van der Waals surface area (Å²) in [6.07, 6.45) is 2.03. The van der Waals surface area contributed by atoms with Gasteiger partial charge in [0, 0.05) is 36.0 Å². The molecule has 0 unspecified atom stereocenters. The predicted molar refractivity (Wildman–Crippen MR) is 108 cm³/mol. The number of rotatable bonds is 12. The molecule has 2 aromatic rings. The molecule has 2 aromatic carbocycles. The minimum absolute atomic E-state index is 0.683. The molecule has 5 heteroatoms. The molecule has 0 spiro atoms. The SMILES string of the molecule is NCCNCCc1ccccc1Sc1ccccc1CCNCCN. The molecule has 0 aliphatic carbocycles. The molecule has 25 heavy (non-hydrogen) atoms. The molecule has 4 nitrogen and oxygen atoms in total. The van der Waals surface area contributed by atoms with E-state index < -0.39 is 0 Å². The monoisotopic (exact) mass is 358 g/mol. The van der Waals surface area contributed by atoms with E-state index in [1.807, 2.05) is 11.8 Å². The molecule has 0 saturated heterocycles. The van der Waals surface area contributed by atoms with Crippen LogP contribution in [0.15, 0.2) is 58.3 Å². The number of benzene rings is 2. The summed E-state index contributed by atoms with van der Waals surface area (Å²) in [5, 5.41) is 6.75. The van der Waals surface area contributed by atoms with Crippen molar-refractivity contribution in [2.45, 2.75) is 22.6 Å². The van der Waals surface area contributed by atoms with Gasteiger partial charge in [-0.3, -0.25) is 0 Å². The maximum absolute atomic E-state index is 5.54. The van der Waals surface area contributed by atoms with Crippen LogP contribution in [0.2, 0.25) is 0 Å². The van der Waals surface area contributed by atoms with Gasteiger partial charge in [-0.25, -0.2) is 0 Å². The molecular weight excluding hydrogens is 328 g/mol. The van der Waals surface area contributed by atoms with E-state index >= 15 is 0 Å². The smallest absolute Gasteiger partial charge is 0.0154 e. The van der Waals surface area contributed by atoms with E-state index in [1.165, 1.54) is 20.9 Å². The van der Waals surface area contributed by atoms with Crippen molar-refractivity contribution in [2.75, 3.05) is 39.3 Å². The van der Waals surface area contributed by atoms with Crippen molar-refractivity contribution in [2.24, 2.45) is 11.5 Å². The van der Waals surface area contributed by atoms with E-state index in [1.54, 1.807) is 0 Å². The Kier molecular flexibility index (Phi) is 9.62. The van der Waals surface area contributed by atoms with Crippen LogP contribution in [-0.2, 0) is 12.8 Å². The summed E-state index contributed by atoms with van der Waals surface area (Å²) >= 11 is 1.86. The molecule has 0 atom stereocenters. The lowest BCUT2D eigenvalue weighted by atomic mass is 10.1. The third-order valence-electron chi connectivity index (χ3n) is 3.95. The molecule has 0 amide bonds. The van der Waals surface area contributed by atoms with Crippen LogP contribution < -0.4 is 22.1 Å². The van der Waals surface area contributed by atoms with Crippen LogP contribution in [0.3, 0.4) is 0 Å². The minimum Gasteiger partial charge on any atom is -0.329 e. The second kappa shape index (κ2) is 12.1. The topological polar surface area (TPSA) is 76.1 Å². The lowest BCUT2D eigenvalue weighted by molar-refractivity contribution is 0.684. The van der Waals surface area contributed by atoms with E-state index in [4.69, 9.17) is 11.5 Å². The molecule has 0 radical (unpaired) electrons. The van der Waals surface area contributed by atoms with E-state index in [9.17, 15) is 0 Å². The fraction of sp³-hybridized carbons (Fsp3) is 0.400. The highest BCUT2D eigenvalue weighted by molar-refractivity contribution is 7.99. The van der Waals surface area contributed by atoms with Gasteiger partial charge in [-0.2, -0.15) is 0 Å². The van der Waals surface area contributed by atoms with Crippen molar-refractivity contribution in [3.8, 4) is 0 Å². The Morgan fingerprint density at radius 1 is 0.640 bits per heavy atom. The van der Waals surface area contributed by atoms with Crippen LogP contribution in [-0.4, -0.2) is 39.3 Å². The molecular formula is C20H30N4S. The van der Waals surface area contributed by atoms with Crippen molar-refractivity contribution in [1.29, 1.82) is 0 Å². The Morgan fingerprint density at radius 3 is 1.52 bits per heavy atom. The second-order valence-corrected chi connectivity index (χ2v) is 6.98. The second-order valence-electron chi connectivity index (χ2n) is 5.89. The summed E-state index contributed by atoms with van der Waals surface area (Å²) < 4.78 is 0. The van der Waals surface area contributed by atoms with Crippen molar-refractivity contribution in [3.05, 3.63) is 59.7 Å². The Hall–Kier alpha value is -1.37. The maximum atomic E-state index is 5.54. The van der Waals surface area contributed by atoms with Gasteiger partial charge in [-0.15, -0.1) is 0 Å². The summed E-state index contributed by atoms with van der Waals surface area (Å²) in [6.45, 7) is 5.02. The predicted octanol–water partition coefficient (Wildman–Crippen LogP) is 2.02. The van der Waals surface area contributed by atoms with Crippen LogP contribution in [0, 0.1) is 0 Å². The van der Waals surface area contributed by atoms with Crippen LogP contribution in [0.1, 0.15) is 11.1 Å². The summed E-state index contributed by atoms with van der Waals surface area (Å²) in [7, 11) is 0. The zero-order valence-corrected chi connectivity index (χ0v) is 15.7. The highest BCUT2D eigenvalue weighted by Crippen LogP contribution is 2.33. The molecule has 2 rings (SSSR count). The lowest BCUT2D eigenvalue weighted by Gasteiger charge is -2.13. The van der Waals surface area contributed by atoms with E-state index in [0.29, 0.717) is 13.1 Å². The van der Waals surface area contributed by atoms with E-state index in [-0.39, 0.29) is 0 Å². The zero-order chi connectivity index (χ0) is 17.7. The van der Waals surface area contributed by atoms with Crippen LogP contribution in [0.25, 0.3) is 0 Å². The summed E-state index contributed by atoms with van der Waals surface area (Å²) in [5.41, 5.74) is 13.8. The van der Waals surface area contributed by atoms with Gasteiger partial charge in [0.15, 0.2) is 0 Å². The lowest BCUT2D eigenvalue weighted by Crippen LogP contribution is -2.24. The molecule has 0 saturated carbocycles. The zero-order valence-electron chi connectivity index (χ0n) is 14.8. The van der Waals surface area contributed by atoms with Crippen LogP contribution >= 0.6 is 11.8 Å². The highest BCUT2D eigenvalue weighted by atomic mass is 32.2. The third kappa shape index (κ3) is 7.18. The maximum Gasteiger partial charge on any atom is 0.0154 e. The van der Waals surface area contributed by atoms with Crippen molar-refractivity contribution in [3.63, 3.8) is 0 Å². The minimum atomic E-state index is 0.683. The molecule has 0 aliphatic rings. The fourth-order valence-electron chi connectivity index (χ4n) is 2.64. The largest absolute Gasteiger partial charge is 0.329 e. The van der Waals surface area contributed by atoms with Gasteiger partial charge in [0.05, 0.1) is 0 Å². The van der Waals surface area contributed by atoms with Gasteiger partial charge in [0.1, 0.15) is 0 Å². The molecule has 0 fully saturated rings. The fourth-order valence-corrected chi connectivity index (χ4v) is 3.77. The van der Waals surface area contributed by atoms with Gasteiger partial charge >= 0.3 is 0 Å². The molecule has 0 bridgehead atoms. The Morgan fingerprint density at radius 2 is 1.08 bits per heavy atom. The molecule has 0 aliphatic heterocycles. The average molecular weight is 359 g/mol. The first-order chi connectivity index (χ1) is 12.3. The van der Waals surface area contributed by atoms with Crippen LogP contribution in [0.5, 0.6) is 0 Å². The summed E-state index contributed by atoms with van der Waals surface area (Å²) in [5.74, 6) is 0. The first kappa shape index (κ1) is 19.9. The number of nitrogens with one attached hydrogen (secondary N) is 2. The first-order valence-corrected chi connectivity index (χ1v) is 9.82. The Bertz CT molecular complexity index is 565. The van der Waals surface area contributed by atoms with Gasteiger partial charge in [-0.05, 0) is 49.2 Å². The Balaban J connectivity index is 2.01. The number of hydrogen-bond donors (Lipinski definition) is 4. The van der Waals surface area contributed by atoms with Gasteiger partial charge in [0.2, 0.25) is 0 Å².